The molecule has 0 radical (unpaired) electrons. The number of hydrogen-bond acceptors (Lipinski definition) is 6. The SMILES string of the molecule is CCCCCCCC/C=C\CCCCCCCCCCCC(=O)NC(COP(=O)([O-])OCC[N+](C)(C)C)C(O)CCCCCCCCC. The fourth-order valence-corrected chi connectivity index (χ4v) is 6.46. The molecule has 0 saturated heterocycles. The zero-order valence-corrected chi connectivity index (χ0v) is 33.1. The molecule has 0 aromatic rings. The van der Waals surface area contributed by atoms with E-state index >= 15 is 0 Å². The van der Waals surface area contributed by atoms with E-state index in [1.165, 1.54) is 116 Å². The third-order valence-corrected chi connectivity index (χ3v) is 9.97. The molecule has 286 valence electrons. The highest BCUT2D eigenvalue weighted by Gasteiger charge is 2.24. The van der Waals surface area contributed by atoms with Gasteiger partial charge in [-0.2, -0.15) is 0 Å². The van der Waals surface area contributed by atoms with Crippen molar-refractivity contribution in [3.63, 3.8) is 0 Å². The lowest BCUT2D eigenvalue weighted by atomic mass is 10.0. The molecule has 2 N–H and O–H groups in total. The van der Waals surface area contributed by atoms with Crippen molar-refractivity contribution in [1.82, 2.24) is 5.32 Å². The molecule has 8 nitrogen and oxygen atoms in total. The second-order valence-corrected chi connectivity index (χ2v) is 16.4. The number of nitrogens with one attached hydrogen (secondary N) is 1. The van der Waals surface area contributed by atoms with Gasteiger partial charge >= 0.3 is 0 Å². The Morgan fingerprint density at radius 2 is 1.15 bits per heavy atom. The highest BCUT2D eigenvalue weighted by Crippen LogP contribution is 2.38. The quantitative estimate of drug-likeness (QED) is 0.0291. The molecule has 0 rings (SSSR count). The van der Waals surface area contributed by atoms with E-state index < -0.39 is 20.0 Å². The molecular formula is C39H79N2O6P. The van der Waals surface area contributed by atoms with E-state index in [1.807, 2.05) is 21.1 Å². The van der Waals surface area contributed by atoms with Gasteiger partial charge in [0.25, 0.3) is 7.82 Å². The Bertz CT molecular complexity index is 804. The van der Waals surface area contributed by atoms with Gasteiger partial charge < -0.3 is 28.8 Å². The van der Waals surface area contributed by atoms with E-state index in [0.29, 0.717) is 23.9 Å². The number of carbonyl (C=O) groups is 1. The van der Waals surface area contributed by atoms with Gasteiger partial charge in [0.05, 0.1) is 39.9 Å². The van der Waals surface area contributed by atoms with Crippen LogP contribution in [0.5, 0.6) is 0 Å². The van der Waals surface area contributed by atoms with Crippen LogP contribution in [0.15, 0.2) is 12.2 Å². The molecular weight excluding hydrogens is 623 g/mol. The molecule has 0 aliphatic rings. The van der Waals surface area contributed by atoms with Crippen LogP contribution in [0.3, 0.4) is 0 Å². The Labute approximate surface area is 297 Å². The molecule has 0 aromatic heterocycles. The average molecular weight is 703 g/mol. The fraction of sp³-hybridized carbons (Fsp3) is 0.923. The molecule has 0 spiro atoms. The minimum Gasteiger partial charge on any atom is -0.756 e. The summed E-state index contributed by atoms with van der Waals surface area (Å²) in [7, 11) is 1.30. The van der Waals surface area contributed by atoms with E-state index in [9.17, 15) is 19.4 Å². The first kappa shape index (κ1) is 47.2. The first-order valence-electron chi connectivity index (χ1n) is 20.0. The van der Waals surface area contributed by atoms with Crippen LogP contribution < -0.4 is 10.2 Å². The zero-order valence-electron chi connectivity index (χ0n) is 32.2. The number of amides is 1. The molecule has 0 saturated carbocycles. The number of unbranched alkanes of at least 4 members (excludes halogenated alkanes) is 21. The predicted molar refractivity (Wildman–Crippen MR) is 201 cm³/mol. The molecule has 0 heterocycles. The number of allylic oxidation sites excluding steroid dienone is 2. The van der Waals surface area contributed by atoms with Crippen molar-refractivity contribution in [2.75, 3.05) is 40.9 Å². The third kappa shape index (κ3) is 33.7. The van der Waals surface area contributed by atoms with Gasteiger partial charge in [0.1, 0.15) is 13.2 Å². The summed E-state index contributed by atoms with van der Waals surface area (Å²) in [6.45, 7) is 4.66. The smallest absolute Gasteiger partial charge is 0.268 e. The zero-order chi connectivity index (χ0) is 35.8. The number of phosphoric ester groups is 1. The van der Waals surface area contributed by atoms with Gasteiger partial charge in [-0.05, 0) is 38.5 Å². The summed E-state index contributed by atoms with van der Waals surface area (Å²) in [5.74, 6) is -0.171. The average Bonchev–Trinajstić information content (AvgIpc) is 3.02. The van der Waals surface area contributed by atoms with Crippen molar-refractivity contribution in [2.24, 2.45) is 0 Å². The highest BCUT2D eigenvalue weighted by atomic mass is 31.2. The molecule has 3 unspecified atom stereocenters. The summed E-state index contributed by atoms with van der Waals surface area (Å²) >= 11 is 0. The van der Waals surface area contributed by atoms with E-state index in [2.05, 4.69) is 31.3 Å². The van der Waals surface area contributed by atoms with E-state index in [0.717, 1.165) is 38.5 Å². The van der Waals surface area contributed by atoms with Crippen molar-refractivity contribution in [1.29, 1.82) is 0 Å². The maximum Gasteiger partial charge on any atom is 0.268 e. The van der Waals surface area contributed by atoms with Gasteiger partial charge in [-0.25, -0.2) is 0 Å². The molecule has 0 aliphatic heterocycles. The Balaban J connectivity index is 4.23. The Morgan fingerprint density at radius 1 is 0.708 bits per heavy atom. The van der Waals surface area contributed by atoms with Crippen molar-refractivity contribution in [2.45, 2.75) is 193 Å². The maximum atomic E-state index is 12.8. The molecule has 9 heteroatoms. The van der Waals surface area contributed by atoms with Crippen LogP contribution in [0.25, 0.3) is 0 Å². The van der Waals surface area contributed by atoms with Gasteiger partial charge in [-0.15, -0.1) is 0 Å². The summed E-state index contributed by atoms with van der Waals surface area (Å²) in [5.41, 5.74) is 0. The van der Waals surface area contributed by atoms with Crippen molar-refractivity contribution < 1.29 is 32.9 Å². The van der Waals surface area contributed by atoms with E-state index in [-0.39, 0.29) is 19.1 Å². The summed E-state index contributed by atoms with van der Waals surface area (Å²) in [6, 6.07) is -0.794. The predicted octanol–water partition coefficient (Wildman–Crippen LogP) is 9.78. The highest BCUT2D eigenvalue weighted by molar-refractivity contribution is 7.45. The number of aliphatic hydroxyl groups excluding tert-OH is 1. The molecule has 0 fully saturated rings. The van der Waals surface area contributed by atoms with Crippen molar-refractivity contribution in [3.8, 4) is 0 Å². The monoisotopic (exact) mass is 703 g/mol. The van der Waals surface area contributed by atoms with Gasteiger partial charge in [-0.1, -0.05) is 148 Å². The Kier molecular flexibility index (Phi) is 31.7. The topological polar surface area (TPSA) is 108 Å². The second-order valence-electron chi connectivity index (χ2n) is 15.0. The molecule has 1 amide bonds. The first-order valence-corrected chi connectivity index (χ1v) is 21.5. The summed E-state index contributed by atoms with van der Waals surface area (Å²) in [6.07, 6.45) is 33.7. The van der Waals surface area contributed by atoms with E-state index in [4.69, 9.17) is 9.05 Å². The van der Waals surface area contributed by atoms with E-state index in [1.54, 1.807) is 0 Å². The van der Waals surface area contributed by atoms with Crippen LogP contribution in [0, 0.1) is 0 Å². The van der Waals surface area contributed by atoms with Crippen LogP contribution in [0.1, 0.15) is 181 Å². The summed E-state index contributed by atoms with van der Waals surface area (Å²) in [4.78, 5) is 25.1. The molecule has 0 bridgehead atoms. The number of likely N-dealkylation sites (N-methyl/N-ethyl adjacent to an activating group) is 1. The van der Waals surface area contributed by atoms with Gasteiger partial charge in [-0.3, -0.25) is 9.36 Å². The molecule has 0 aromatic carbocycles. The largest absolute Gasteiger partial charge is 0.756 e. The Hall–Kier alpha value is -0.760. The number of carbonyl (C=O) groups excluding carboxylic acids is 1. The van der Waals surface area contributed by atoms with Crippen LogP contribution in [0.4, 0.5) is 0 Å². The normalized spacial score (nSPS) is 14.7. The minimum absolute atomic E-state index is 0.0128. The van der Waals surface area contributed by atoms with Crippen LogP contribution in [-0.4, -0.2) is 68.5 Å². The number of rotatable bonds is 36. The third-order valence-electron chi connectivity index (χ3n) is 9.00. The summed E-state index contributed by atoms with van der Waals surface area (Å²) in [5, 5.41) is 13.7. The minimum atomic E-state index is -4.55. The van der Waals surface area contributed by atoms with Crippen LogP contribution in [0.2, 0.25) is 0 Å². The number of hydrogen-bond donors (Lipinski definition) is 2. The number of nitrogens with zero attached hydrogens (tertiary/aromatic N) is 1. The molecule has 48 heavy (non-hydrogen) atoms. The lowest BCUT2D eigenvalue weighted by Gasteiger charge is -2.30. The van der Waals surface area contributed by atoms with Gasteiger partial charge in [0.15, 0.2) is 0 Å². The maximum absolute atomic E-state index is 12.8. The van der Waals surface area contributed by atoms with Crippen molar-refractivity contribution >= 4 is 13.7 Å². The van der Waals surface area contributed by atoms with Crippen LogP contribution >= 0.6 is 7.82 Å². The van der Waals surface area contributed by atoms with Crippen LogP contribution in [-0.2, 0) is 18.4 Å². The number of phosphoric acid groups is 1. The van der Waals surface area contributed by atoms with Crippen molar-refractivity contribution in [3.05, 3.63) is 12.2 Å². The van der Waals surface area contributed by atoms with Gasteiger partial charge in [0, 0.05) is 6.42 Å². The second kappa shape index (κ2) is 32.2. The lowest BCUT2D eigenvalue weighted by Crippen LogP contribution is -2.46. The molecule has 3 atom stereocenters. The van der Waals surface area contributed by atoms with Gasteiger partial charge in [0.2, 0.25) is 5.91 Å². The molecule has 0 aliphatic carbocycles. The Morgan fingerprint density at radius 3 is 1.62 bits per heavy atom. The number of aliphatic hydroxyl groups is 1. The fourth-order valence-electron chi connectivity index (χ4n) is 5.74. The number of quaternary nitrogens is 1. The summed E-state index contributed by atoms with van der Waals surface area (Å²) < 4.78 is 23.1. The lowest BCUT2D eigenvalue weighted by molar-refractivity contribution is -0.870. The first-order chi connectivity index (χ1) is 23.0. The standard InChI is InChI=1S/C39H79N2O6P/c1-6-8-10-12-14-15-16-17-18-19-20-21-22-23-24-25-27-29-31-33-39(43)40-37(38(42)32-30-28-26-13-11-9-7-2)36-47-48(44,45)46-35-34-41(3,4)5/h17-18,37-38,42H,6-16,19-36H2,1-5H3,(H-,40,43,44,45)/b18-17-.